The Hall–Kier alpha value is -2.40. The van der Waals surface area contributed by atoms with Crippen LogP contribution < -0.4 is 5.32 Å². The Morgan fingerprint density at radius 3 is 2.46 bits per heavy atom. The standard InChI is InChI=1S/C18H17ClFNO3/c1-11-6-8-12(9-7-11)15(10-16(22)24-2)21-18(23)17-13(19)4-3-5-14(17)20/h3-9,15H,10H2,1-2H3,(H,21,23)/t15-/m1/s1. The van der Waals surface area contributed by atoms with E-state index in [1.807, 2.05) is 19.1 Å². The number of halogens is 2. The number of carbonyl (C=O) groups excluding carboxylic acids is 2. The first-order chi connectivity index (χ1) is 11.4. The van der Waals surface area contributed by atoms with Gasteiger partial charge in [-0.2, -0.15) is 0 Å². The Morgan fingerprint density at radius 1 is 1.21 bits per heavy atom. The lowest BCUT2D eigenvalue weighted by molar-refractivity contribution is -0.141. The third-order valence-electron chi connectivity index (χ3n) is 3.57. The van der Waals surface area contributed by atoms with Crippen LogP contribution in [0.3, 0.4) is 0 Å². The summed E-state index contributed by atoms with van der Waals surface area (Å²) in [7, 11) is 1.27. The van der Waals surface area contributed by atoms with Gasteiger partial charge in [-0.25, -0.2) is 4.39 Å². The van der Waals surface area contributed by atoms with Crippen LogP contribution in [-0.4, -0.2) is 19.0 Å². The predicted octanol–water partition coefficient (Wildman–Crippen LogP) is 3.82. The molecule has 0 aromatic heterocycles. The summed E-state index contributed by atoms with van der Waals surface area (Å²) in [6.45, 7) is 1.93. The number of benzene rings is 2. The molecule has 0 spiro atoms. The van der Waals surface area contributed by atoms with Crippen LogP contribution in [0.4, 0.5) is 4.39 Å². The number of carbonyl (C=O) groups is 2. The van der Waals surface area contributed by atoms with E-state index in [4.69, 9.17) is 11.6 Å². The van der Waals surface area contributed by atoms with Gasteiger partial charge in [-0.05, 0) is 24.6 Å². The molecule has 0 aliphatic carbocycles. The van der Waals surface area contributed by atoms with Crippen molar-refractivity contribution in [1.82, 2.24) is 5.32 Å². The minimum atomic E-state index is -0.722. The van der Waals surface area contributed by atoms with E-state index < -0.39 is 23.7 Å². The summed E-state index contributed by atoms with van der Waals surface area (Å²) in [6, 6.07) is 10.7. The zero-order valence-electron chi connectivity index (χ0n) is 13.3. The molecule has 2 aromatic carbocycles. The summed E-state index contributed by atoms with van der Waals surface area (Å²) in [4.78, 5) is 24.1. The average Bonchev–Trinajstić information content (AvgIpc) is 2.54. The van der Waals surface area contributed by atoms with Gasteiger partial charge in [0.05, 0.1) is 30.2 Å². The Balaban J connectivity index is 2.29. The highest BCUT2D eigenvalue weighted by molar-refractivity contribution is 6.33. The highest BCUT2D eigenvalue weighted by atomic mass is 35.5. The summed E-state index contributed by atoms with van der Waals surface area (Å²) in [6.07, 6.45) is -0.0721. The SMILES string of the molecule is COC(=O)C[C@@H](NC(=O)c1c(F)cccc1Cl)c1ccc(C)cc1. The van der Waals surface area contributed by atoms with Gasteiger partial charge < -0.3 is 10.1 Å². The van der Waals surface area contributed by atoms with Gasteiger partial charge in [0, 0.05) is 0 Å². The lowest BCUT2D eigenvalue weighted by atomic mass is 10.0. The summed E-state index contributed by atoms with van der Waals surface area (Å²) in [5.74, 6) is -1.89. The molecule has 1 N–H and O–H groups in total. The van der Waals surface area contributed by atoms with Gasteiger partial charge in [-0.3, -0.25) is 9.59 Å². The number of hydrogen-bond acceptors (Lipinski definition) is 3. The van der Waals surface area contributed by atoms with Crippen molar-refractivity contribution in [3.63, 3.8) is 0 Å². The zero-order chi connectivity index (χ0) is 17.7. The first kappa shape index (κ1) is 17.9. The molecule has 4 nitrogen and oxygen atoms in total. The van der Waals surface area contributed by atoms with Crippen LogP contribution in [0.1, 0.15) is 33.9 Å². The van der Waals surface area contributed by atoms with E-state index in [1.54, 1.807) is 12.1 Å². The summed E-state index contributed by atoms with van der Waals surface area (Å²) in [5.41, 5.74) is 1.51. The predicted molar refractivity (Wildman–Crippen MR) is 89.4 cm³/mol. The van der Waals surface area contributed by atoms with Gasteiger partial charge in [0.25, 0.3) is 5.91 Å². The van der Waals surface area contributed by atoms with Crippen molar-refractivity contribution in [3.8, 4) is 0 Å². The molecule has 0 saturated heterocycles. The monoisotopic (exact) mass is 349 g/mol. The first-order valence-electron chi connectivity index (χ1n) is 7.30. The molecule has 0 heterocycles. The molecule has 2 rings (SSSR count). The molecule has 0 fully saturated rings. The largest absolute Gasteiger partial charge is 0.469 e. The van der Waals surface area contributed by atoms with Crippen LogP contribution in [0.5, 0.6) is 0 Å². The quantitative estimate of drug-likeness (QED) is 0.835. The normalized spacial score (nSPS) is 11.7. The molecule has 0 aliphatic heterocycles. The van der Waals surface area contributed by atoms with Crippen molar-refractivity contribution in [2.24, 2.45) is 0 Å². The molecule has 6 heteroatoms. The molecule has 0 radical (unpaired) electrons. The minimum absolute atomic E-state index is 0.00761. The van der Waals surface area contributed by atoms with E-state index in [-0.39, 0.29) is 17.0 Å². The highest BCUT2D eigenvalue weighted by Crippen LogP contribution is 2.23. The lowest BCUT2D eigenvalue weighted by Gasteiger charge is -2.19. The van der Waals surface area contributed by atoms with E-state index in [0.29, 0.717) is 5.56 Å². The maximum absolute atomic E-state index is 13.9. The summed E-state index contributed by atoms with van der Waals surface area (Å²) in [5, 5.41) is 2.66. The maximum atomic E-state index is 13.9. The molecular weight excluding hydrogens is 333 g/mol. The molecule has 1 atom stereocenters. The van der Waals surface area contributed by atoms with E-state index in [2.05, 4.69) is 10.1 Å². The number of rotatable bonds is 5. The van der Waals surface area contributed by atoms with Gasteiger partial charge in [-0.15, -0.1) is 0 Å². The highest BCUT2D eigenvalue weighted by Gasteiger charge is 2.22. The summed E-state index contributed by atoms with van der Waals surface area (Å²) < 4.78 is 18.6. The van der Waals surface area contributed by atoms with Gasteiger partial charge in [0.1, 0.15) is 5.82 Å². The van der Waals surface area contributed by atoms with Crippen molar-refractivity contribution < 1.29 is 18.7 Å². The molecule has 126 valence electrons. The second kappa shape index (κ2) is 7.93. The Kier molecular flexibility index (Phi) is 5.93. The Bertz CT molecular complexity index is 726. The van der Waals surface area contributed by atoms with E-state index in [1.165, 1.54) is 19.2 Å². The van der Waals surface area contributed by atoms with Gasteiger partial charge in [0.15, 0.2) is 0 Å². The van der Waals surface area contributed by atoms with Crippen molar-refractivity contribution in [2.75, 3.05) is 7.11 Å². The van der Waals surface area contributed by atoms with E-state index in [9.17, 15) is 14.0 Å². The Morgan fingerprint density at radius 2 is 1.88 bits per heavy atom. The van der Waals surface area contributed by atoms with E-state index in [0.717, 1.165) is 11.6 Å². The second-order valence-electron chi connectivity index (χ2n) is 5.31. The van der Waals surface area contributed by atoms with Gasteiger partial charge >= 0.3 is 5.97 Å². The van der Waals surface area contributed by atoms with Crippen molar-refractivity contribution in [1.29, 1.82) is 0 Å². The van der Waals surface area contributed by atoms with Crippen molar-refractivity contribution in [3.05, 3.63) is 70.0 Å². The zero-order valence-corrected chi connectivity index (χ0v) is 14.1. The first-order valence-corrected chi connectivity index (χ1v) is 7.68. The van der Waals surface area contributed by atoms with Crippen LogP contribution in [-0.2, 0) is 9.53 Å². The van der Waals surface area contributed by atoms with Crippen molar-refractivity contribution >= 4 is 23.5 Å². The molecule has 0 unspecified atom stereocenters. The number of ether oxygens (including phenoxy) is 1. The molecule has 0 bridgehead atoms. The lowest BCUT2D eigenvalue weighted by Crippen LogP contribution is -2.31. The van der Waals surface area contributed by atoms with Crippen LogP contribution in [0.15, 0.2) is 42.5 Å². The molecule has 0 saturated carbocycles. The fourth-order valence-electron chi connectivity index (χ4n) is 2.25. The third-order valence-corrected chi connectivity index (χ3v) is 3.89. The fourth-order valence-corrected chi connectivity index (χ4v) is 2.49. The minimum Gasteiger partial charge on any atom is -0.469 e. The van der Waals surface area contributed by atoms with Crippen molar-refractivity contribution in [2.45, 2.75) is 19.4 Å². The molecule has 2 aromatic rings. The topological polar surface area (TPSA) is 55.4 Å². The van der Waals surface area contributed by atoms with Gasteiger partial charge in [-0.1, -0.05) is 47.5 Å². The van der Waals surface area contributed by atoms with Crippen LogP contribution >= 0.6 is 11.6 Å². The van der Waals surface area contributed by atoms with Gasteiger partial charge in [0.2, 0.25) is 0 Å². The number of methoxy groups -OCH3 is 1. The molecule has 0 aliphatic rings. The number of aryl methyl sites for hydroxylation is 1. The average molecular weight is 350 g/mol. The third kappa shape index (κ3) is 4.32. The number of hydrogen-bond donors (Lipinski definition) is 1. The van der Waals surface area contributed by atoms with Crippen LogP contribution in [0, 0.1) is 12.7 Å². The van der Waals surface area contributed by atoms with Crippen LogP contribution in [0.2, 0.25) is 5.02 Å². The number of nitrogens with one attached hydrogen (secondary N) is 1. The van der Waals surface area contributed by atoms with E-state index >= 15 is 0 Å². The molecule has 24 heavy (non-hydrogen) atoms. The number of esters is 1. The molecular formula is C18H17ClFNO3. The smallest absolute Gasteiger partial charge is 0.307 e. The molecule has 1 amide bonds. The second-order valence-corrected chi connectivity index (χ2v) is 5.72. The fraction of sp³-hybridized carbons (Fsp3) is 0.222. The Labute approximate surface area is 144 Å². The summed E-state index contributed by atoms with van der Waals surface area (Å²) >= 11 is 5.92. The van der Waals surface area contributed by atoms with Crippen LogP contribution in [0.25, 0.3) is 0 Å². The maximum Gasteiger partial charge on any atom is 0.307 e. The number of amides is 1.